The standard InChI is InChI=1S/C15H20N2O2/c1-16-9-11-17(12-10-16)14-7-5-13(6-8-14)3-2-4-15(18)19/h2-3,5-8H,4,9-12H2,1H3,(H,18,19). The lowest BCUT2D eigenvalue weighted by atomic mass is 10.1. The number of anilines is 1. The average molecular weight is 260 g/mol. The van der Waals surface area contributed by atoms with E-state index in [1.807, 2.05) is 18.2 Å². The molecule has 4 heteroatoms. The second-order valence-corrected chi connectivity index (χ2v) is 4.88. The minimum atomic E-state index is -0.801. The van der Waals surface area contributed by atoms with Crippen LogP contribution in [0.1, 0.15) is 12.0 Å². The molecule has 2 rings (SSSR count). The van der Waals surface area contributed by atoms with Crippen LogP contribution in [0.2, 0.25) is 0 Å². The Kier molecular flexibility index (Phi) is 4.58. The van der Waals surface area contributed by atoms with Gasteiger partial charge in [0.2, 0.25) is 0 Å². The number of likely N-dealkylation sites (N-methyl/N-ethyl adjacent to an activating group) is 1. The third kappa shape index (κ3) is 4.10. The summed E-state index contributed by atoms with van der Waals surface area (Å²) < 4.78 is 0. The molecule has 0 bridgehead atoms. The molecule has 1 aliphatic heterocycles. The van der Waals surface area contributed by atoms with Gasteiger partial charge in [-0.1, -0.05) is 24.3 Å². The van der Waals surface area contributed by atoms with Crippen LogP contribution in [0.5, 0.6) is 0 Å². The van der Waals surface area contributed by atoms with E-state index in [-0.39, 0.29) is 6.42 Å². The lowest BCUT2D eigenvalue weighted by Gasteiger charge is -2.34. The van der Waals surface area contributed by atoms with Crippen LogP contribution in [0.15, 0.2) is 30.3 Å². The normalized spacial score (nSPS) is 17.0. The third-order valence-corrected chi connectivity index (χ3v) is 3.36. The highest BCUT2D eigenvalue weighted by Gasteiger charge is 2.13. The first kappa shape index (κ1) is 13.6. The Hall–Kier alpha value is -1.81. The summed E-state index contributed by atoms with van der Waals surface area (Å²) in [7, 11) is 2.15. The van der Waals surface area contributed by atoms with E-state index in [1.165, 1.54) is 5.69 Å². The van der Waals surface area contributed by atoms with Gasteiger partial charge in [-0.3, -0.25) is 4.79 Å². The van der Waals surface area contributed by atoms with Gasteiger partial charge in [-0.15, -0.1) is 0 Å². The Morgan fingerprint density at radius 3 is 2.42 bits per heavy atom. The minimum absolute atomic E-state index is 0.0697. The largest absolute Gasteiger partial charge is 0.481 e. The molecule has 0 unspecified atom stereocenters. The molecular weight excluding hydrogens is 240 g/mol. The van der Waals surface area contributed by atoms with Crippen molar-refractivity contribution < 1.29 is 9.90 Å². The number of hydrogen-bond donors (Lipinski definition) is 1. The van der Waals surface area contributed by atoms with Gasteiger partial charge in [0.05, 0.1) is 6.42 Å². The highest BCUT2D eigenvalue weighted by Crippen LogP contribution is 2.17. The Morgan fingerprint density at radius 1 is 1.21 bits per heavy atom. The number of piperazine rings is 1. The topological polar surface area (TPSA) is 43.8 Å². The molecular formula is C15H20N2O2. The Bertz CT molecular complexity index is 446. The summed E-state index contributed by atoms with van der Waals surface area (Å²) in [5.74, 6) is -0.801. The number of aliphatic carboxylic acids is 1. The van der Waals surface area contributed by atoms with Crippen LogP contribution in [0, 0.1) is 0 Å². The maximum absolute atomic E-state index is 10.4. The third-order valence-electron chi connectivity index (χ3n) is 3.36. The molecule has 1 saturated heterocycles. The van der Waals surface area contributed by atoms with Crippen molar-refractivity contribution in [1.29, 1.82) is 0 Å². The zero-order valence-electron chi connectivity index (χ0n) is 11.2. The van der Waals surface area contributed by atoms with E-state index >= 15 is 0 Å². The van der Waals surface area contributed by atoms with Gasteiger partial charge in [0, 0.05) is 31.9 Å². The van der Waals surface area contributed by atoms with E-state index < -0.39 is 5.97 Å². The van der Waals surface area contributed by atoms with E-state index in [2.05, 4.69) is 29.0 Å². The SMILES string of the molecule is CN1CCN(c2ccc(C=CCC(=O)O)cc2)CC1. The smallest absolute Gasteiger partial charge is 0.307 e. The highest BCUT2D eigenvalue weighted by atomic mass is 16.4. The maximum atomic E-state index is 10.4. The van der Waals surface area contributed by atoms with Crippen LogP contribution in [-0.4, -0.2) is 49.2 Å². The van der Waals surface area contributed by atoms with E-state index in [9.17, 15) is 4.79 Å². The summed E-state index contributed by atoms with van der Waals surface area (Å²) in [6, 6.07) is 8.27. The predicted octanol–water partition coefficient (Wildman–Crippen LogP) is 1.93. The number of nitrogens with zero attached hydrogens (tertiary/aromatic N) is 2. The van der Waals surface area contributed by atoms with Crippen LogP contribution < -0.4 is 4.90 Å². The van der Waals surface area contributed by atoms with Gasteiger partial charge in [0.15, 0.2) is 0 Å². The van der Waals surface area contributed by atoms with Crippen molar-refractivity contribution in [2.75, 3.05) is 38.1 Å². The first-order valence-corrected chi connectivity index (χ1v) is 6.57. The molecule has 0 atom stereocenters. The van der Waals surface area contributed by atoms with Crippen LogP contribution >= 0.6 is 0 Å². The lowest BCUT2D eigenvalue weighted by Crippen LogP contribution is -2.44. The first-order valence-electron chi connectivity index (χ1n) is 6.57. The average Bonchev–Trinajstić information content (AvgIpc) is 2.40. The fourth-order valence-corrected chi connectivity index (χ4v) is 2.16. The molecule has 1 aliphatic rings. The lowest BCUT2D eigenvalue weighted by molar-refractivity contribution is -0.135. The van der Waals surface area contributed by atoms with Gasteiger partial charge in [-0.05, 0) is 24.7 Å². The van der Waals surface area contributed by atoms with Gasteiger partial charge >= 0.3 is 5.97 Å². The van der Waals surface area contributed by atoms with Crippen LogP contribution in [0.3, 0.4) is 0 Å². The quantitative estimate of drug-likeness (QED) is 0.898. The van der Waals surface area contributed by atoms with Crippen molar-refractivity contribution in [1.82, 2.24) is 4.90 Å². The van der Waals surface area contributed by atoms with Gasteiger partial charge in [-0.25, -0.2) is 0 Å². The molecule has 1 aromatic rings. The zero-order valence-corrected chi connectivity index (χ0v) is 11.2. The molecule has 0 spiro atoms. The fourth-order valence-electron chi connectivity index (χ4n) is 2.16. The van der Waals surface area contributed by atoms with E-state index in [0.717, 1.165) is 31.7 Å². The number of carbonyl (C=O) groups is 1. The number of rotatable bonds is 4. The predicted molar refractivity (Wildman–Crippen MR) is 77.4 cm³/mol. The van der Waals surface area contributed by atoms with Gasteiger partial charge < -0.3 is 14.9 Å². The molecule has 1 heterocycles. The molecule has 0 radical (unpaired) electrons. The summed E-state index contributed by atoms with van der Waals surface area (Å²) in [6.07, 6.45) is 3.59. The van der Waals surface area contributed by atoms with Crippen molar-refractivity contribution >= 4 is 17.7 Å². The number of hydrogen-bond acceptors (Lipinski definition) is 3. The van der Waals surface area contributed by atoms with Crippen molar-refractivity contribution in [2.24, 2.45) is 0 Å². The molecule has 19 heavy (non-hydrogen) atoms. The summed E-state index contributed by atoms with van der Waals surface area (Å²) in [4.78, 5) is 15.1. The first-order chi connectivity index (χ1) is 9.15. The van der Waals surface area contributed by atoms with Crippen molar-refractivity contribution in [3.63, 3.8) is 0 Å². The van der Waals surface area contributed by atoms with E-state index in [0.29, 0.717) is 0 Å². The van der Waals surface area contributed by atoms with Crippen LogP contribution in [0.4, 0.5) is 5.69 Å². The highest BCUT2D eigenvalue weighted by molar-refractivity contribution is 5.70. The second-order valence-electron chi connectivity index (χ2n) is 4.88. The number of carboxylic acids is 1. The van der Waals surface area contributed by atoms with Crippen LogP contribution in [-0.2, 0) is 4.79 Å². The van der Waals surface area contributed by atoms with Gasteiger partial charge in [0.1, 0.15) is 0 Å². The van der Waals surface area contributed by atoms with Crippen LogP contribution in [0.25, 0.3) is 6.08 Å². The number of carboxylic acid groups (broad SMARTS) is 1. The molecule has 0 saturated carbocycles. The zero-order chi connectivity index (χ0) is 13.7. The molecule has 4 nitrogen and oxygen atoms in total. The molecule has 0 amide bonds. The molecule has 102 valence electrons. The maximum Gasteiger partial charge on any atom is 0.307 e. The van der Waals surface area contributed by atoms with Gasteiger partial charge in [0.25, 0.3) is 0 Å². The van der Waals surface area contributed by atoms with Crippen molar-refractivity contribution in [2.45, 2.75) is 6.42 Å². The fraction of sp³-hybridized carbons (Fsp3) is 0.400. The molecule has 0 aromatic heterocycles. The molecule has 0 aliphatic carbocycles. The summed E-state index contributed by atoms with van der Waals surface area (Å²) >= 11 is 0. The molecule has 1 N–H and O–H groups in total. The van der Waals surface area contributed by atoms with E-state index in [1.54, 1.807) is 6.08 Å². The molecule has 1 fully saturated rings. The summed E-state index contributed by atoms with van der Waals surface area (Å²) in [5.41, 5.74) is 2.28. The van der Waals surface area contributed by atoms with Gasteiger partial charge in [-0.2, -0.15) is 0 Å². The minimum Gasteiger partial charge on any atom is -0.481 e. The Labute approximate surface area is 113 Å². The molecule has 1 aromatic carbocycles. The summed E-state index contributed by atoms with van der Waals surface area (Å²) in [5, 5.41) is 8.57. The Balaban J connectivity index is 1.94. The second kappa shape index (κ2) is 6.38. The van der Waals surface area contributed by atoms with Crippen molar-refractivity contribution in [3.8, 4) is 0 Å². The Morgan fingerprint density at radius 2 is 1.84 bits per heavy atom. The van der Waals surface area contributed by atoms with E-state index in [4.69, 9.17) is 5.11 Å². The monoisotopic (exact) mass is 260 g/mol. The number of benzene rings is 1. The summed E-state index contributed by atoms with van der Waals surface area (Å²) in [6.45, 7) is 4.32. The van der Waals surface area contributed by atoms with Crippen molar-refractivity contribution in [3.05, 3.63) is 35.9 Å².